The predicted octanol–water partition coefficient (Wildman–Crippen LogP) is 4.07. The molecule has 1 amide bonds. The maximum Gasteiger partial charge on any atom is 0.265 e. The van der Waals surface area contributed by atoms with E-state index in [2.05, 4.69) is 5.32 Å². The molecule has 0 aromatic heterocycles. The topological polar surface area (TPSA) is 56.8 Å². The van der Waals surface area contributed by atoms with Crippen LogP contribution in [0.4, 0.5) is 5.69 Å². The summed E-state index contributed by atoms with van der Waals surface area (Å²) in [5.41, 5.74) is 1.38. The van der Waals surface area contributed by atoms with Crippen LogP contribution >= 0.6 is 11.6 Å². The van der Waals surface area contributed by atoms with Gasteiger partial charge < -0.3 is 19.5 Å². The van der Waals surface area contributed by atoms with Crippen molar-refractivity contribution in [1.82, 2.24) is 0 Å². The summed E-state index contributed by atoms with van der Waals surface area (Å²) in [6.07, 6.45) is -0.694. The molecular formula is C18H20ClNO4. The molecule has 0 aliphatic heterocycles. The molecule has 0 saturated heterocycles. The summed E-state index contributed by atoms with van der Waals surface area (Å²) in [4.78, 5) is 12.4. The number of carbonyl (C=O) groups excluding carboxylic acids is 1. The average Bonchev–Trinajstić information content (AvgIpc) is 2.57. The summed E-state index contributed by atoms with van der Waals surface area (Å²) in [5, 5.41) is 3.42. The molecular weight excluding hydrogens is 330 g/mol. The minimum Gasteiger partial charge on any atom is -0.497 e. The van der Waals surface area contributed by atoms with Crippen LogP contribution in [0.1, 0.15) is 12.5 Å². The largest absolute Gasteiger partial charge is 0.497 e. The molecule has 6 heteroatoms. The Morgan fingerprint density at radius 3 is 2.42 bits per heavy atom. The van der Waals surface area contributed by atoms with Crippen molar-refractivity contribution in [2.24, 2.45) is 0 Å². The van der Waals surface area contributed by atoms with Crippen LogP contribution in [0.15, 0.2) is 36.4 Å². The SMILES string of the molecule is COc1ccc(OC)c(NC(=O)[C@H](C)Oc2ccc(Cl)cc2C)c1. The van der Waals surface area contributed by atoms with Crippen molar-refractivity contribution in [2.45, 2.75) is 20.0 Å². The third-order valence-corrected chi connectivity index (χ3v) is 3.71. The summed E-state index contributed by atoms with van der Waals surface area (Å²) in [6, 6.07) is 10.4. The van der Waals surface area contributed by atoms with Crippen molar-refractivity contribution in [2.75, 3.05) is 19.5 Å². The van der Waals surface area contributed by atoms with Crippen LogP contribution in [0.5, 0.6) is 17.2 Å². The van der Waals surface area contributed by atoms with E-state index in [9.17, 15) is 4.79 Å². The number of carbonyl (C=O) groups is 1. The zero-order valence-electron chi connectivity index (χ0n) is 14.1. The number of amides is 1. The highest BCUT2D eigenvalue weighted by atomic mass is 35.5. The average molecular weight is 350 g/mol. The van der Waals surface area contributed by atoms with E-state index in [4.69, 9.17) is 25.8 Å². The van der Waals surface area contributed by atoms with Gasteiger partial charge in [-0.3, -0.25) is 4.79 Å². The molecule has 0 aliphatic carbocycles. The summed E-state index contributed by atoms with van der Waals surface area (Å²) in [7, 11) is 3.09. The molecule has 0 aliphatic rings. The highest BCUT2D eigenvalue weighted by molar-refractivity contribution is 6.30. The fraction of sp³-hybridized carbons (Fsp3) is 0.278. The summed E-state index contributed by atoms with van der Waals surface area (Å²) < 4.78 is 16.1. The van der Waals surface area contributed by atoms with Crippen LogP contribution < -0.4 is 19.5 Å². The van der Waals surface area contributed by atoms with Gasteiger partial charge in [0.05, 0.1) is 19.9 Å². The molecule has 0 fully saturated rings. The van der Waals surface area contributed by atoms with Crippen molar-refractivity contribution in [3.63, 3.8) is 0 Å². The molecule has 2 aromatic carbocycles. The fourth-order valence-corrected chi connectivity index (χ4v) is 2.36. The Morgan fingerprint density at radius 1 is 1.08 bits per heavy atom. The molecule has 1 N–H and O–H groups in total. The number of nitrogens with one attached hydrogen (secondary N) is 1. The van der Waals surface area contributed by atoms with Gasteiger partial charge in [0.25, 0.3) is 5.91 Å². The van der Waals surface area contributed by atoms with E-state index in [0.717, 1.165) is 5.56 Å². The van der Waals surface area contributed by atoms with Crippen molar-refractivity contribution in [3.8, 4) is 17.2 Å². The second-order valence-electron chi connectivity index (χ2n) is 5.23. The molecule has 2 aromatic rings. The lowest BCUT2D eigenvalue weighted by atomic mass is 10.2. The molecule has 5 nitrogen and oxygen atoms in total. The normalized spacial score (nSPS) is 11.5. The standard InChI is InChI=1S/C18H20ClNO4/c1-11-9-13(19)5-7-16(11)24-12(2)18(21)20-15-10-14(22-3)6-8-17(15)23-4/h5-10,12H,1-4H3,(H,20,21)/t12-/m0/s1. The second kappa shape index (κ2) is 7.93. The van der Waals surface area contributed by atoms with Crippen LogP contribution in [0.3, 0.4) is 0 Å². The number of hydrogen-bond donors (Lipinski definition) is 1. The molecule has 0 radical (unpaired) electrons. The molecule has 1 atom stereocenters. The Bertz CT molecular complexity index is 733. The van der Waals surface area contributed by atoms with Gasteiger partial charge >= 0.3 is 0 Å². The van der Waals surface area contributed by atoms with Crippen molar-refractivity contribution in [3.05, 3.63) is 47.0 Å². The number of halogens is 1. The van der Waals surface area contributed by atoms with Gasteiger partial charge in [-0.2, -0.15) is 0 Å². The van der Waals surface area contributed by atoms with Gasteiger partial charge in [0.2, 0.25) is 0 Å². The first-order chi connectivity index (χ1) is 11.4. The van der Waals surface area contributed by atoms with E-state index in [1.54, 1.807) is 50.4 Å². The number of rotatable bonds is 6. The monoisotopic (exact) mass is 349 g/mol. The van der Waals surface area contributed by atoms with Gasteiger partial charge in [0.15, 0.2) is 6.10 Å². The summed E-state index contributed by atoms with van der Waals surface area (Å²) in [5.74, 6) is 1.47. The number of ether oxygens (including phenoxy) is 3. The number of benzene rings is 2. The lowest BCUT2D eigenvalue weighted by molar-refractivity contribution is -0.122. The first-order valence-electron chi connectivity index (χ1n) is 7.40. The van der Waals surface area contributed by atoms with E-state index in [1.807, 2.05) is 6.92 Å². The molecule has 2 rings (SSSR count). The molecule has 0 heterocycles. The Kier molecular flexibility index (Phi) is 5.93. The van der Waals surface area contributed by atoms with Gasteiger partial charge in [-0.1, -0.05) is 11.6 Å². The third kappa shape index (κ3) is 4.32. The third-order valence-electron chi connectivity index (χ3n) is 3.47. The lowest BCUT2D eigenvalue weighted by Crippen LogP contribution is -2.30. The molecule has 0 bridgehead atoms. The Balaban J connectivity index is 2.11. The zero-order chi connectivity index (χ0) is 17.7. The Morgan fingerprint density at radius 2 is 1.79 bits per heavy atom. The summed E-state index contributed by atoms with van der Waals surface area (Å²) >= 11 is 5.92. The zero-order valence-corrected chi connectivity index (χ0v) is 14.8. The number of aryl methyl sites for hydroxylation is 1. The van der Waals surface area contributed by atoms with E-state index in [1.165, 1.54) is 7.11 Å². The highest BCUT2D eigenvalue weighted by Crippen LogP contribution is 2.29. The molecule has 0 spiro atoms. The van der Waals surface area contributed by atoms with Gasteiger partial charge in [0, 0.05) is 11.1 Å². The van der Waals surface area contributed by atoms with Crippen LogP contribution in [0.2, 0.25) is 5.02 Å². The van der Waals surface area contributed by atoms with Gasteiger partial charge in [-0.15, -0.1) is 0 Å². The highest BCUT2D eigenvalue weighted by Gasteiger charge is 2.18. The van der Waals surface area contributed by atoms with Crippen LogP contribution in [-0.4, -0.2) is 26.2 Å². The summed E-state index contributed by atoms with van der Waals surface area (Å²) in [6.45, 7) is 3.55. The maximum atomic E-state index is 12.4. The van der Waals surface area contributed by atoms with Crippen molar-refractivity contribution >= 4 is 23.2 Å². The van der Waals surface area contributed by atoms with Gasteiger partial charge in [-0.05, 0) is 49.7 Å². The van der Waals surface area contributed by atoms with Crippen molar-refractivity contribution in [1.29, 1.82) is 0 Å². The van der Waals surface area contributed by atoms with Crippen LogP contribution in [-0.2, 0) is 4.79 Å². The second-order valence-corrected chi connectivity index (χ2v) is 5.66. The minimum atomic E-state index is -0.694. The predicted molar refractivity (Wildman–Crippen MR) is 94.5 cm³/mol. The van der Waals surface area contributed by atoms with Crippen molar-refractivity contribution < 1.29 is 19.0 Å². The Labute approximate surface area is 146 Å². The quantitative estimate of drug-likeness (QED) is 0.854. The van der Waals surface area contributed by atoms with E-state index >= 15 is 0 Å². The van der Waals surface area contributed by atoms with Gasteiger partial charge in [-0.25, -0.2) is 0 Å². The maximum absolute atomic E-state index is 12.4. The van der Waals surface area contributed by atoms with E-state index in [-0.39, 0.29) is 5.91 Å². The van der Waals surface area contributed by atoms with E-state index in [0.29, 0.717) is 28.0 Å². The number of methoxy groups -OCH3 is 2. The fourth-order valence-electron chi connectivity index (χ4n) is 2.14. The van der Waals surface area contributed by atoms with Gasteiger partial charge in [0.1, 0.15) is 17.2 Å². The Hall–Kier alpha value is -2.40. The number of anilines is 1. The smallest absolute Gasteiger partial charge is 0.265 e. The molecule has 24 heavy (non-hydrogen) atoms. The molecule has 0 unspecified atom stereocenters. The first kappa shape index (κ1) is 17.9. The van der Waals surface area contributed by atoms with E-state index < -0.39 is 6.10 Å². The minimum absolute atomic E-state index is 0.295. The van der Waals surface area contributed by atoms with Crippen LogP contribution in [0.25, 0.3) is 0 Å². The first-order valence-corrected chi connectivity index (χ1v) is 7.78. The van der Waals surface area contributed by atoms with Crippen LogP contribution in [0, 0.1) is 6.92 Å². The number of hydrogen-bond acceptors (Lipinski definition) is 4. The molecule has 0 saturated carbocycles. The molecule has 128 valence electrons. The lowest BCUT2D eigenvalue weighted by Gasteiger charge is -2.17.